The summed E-state index contributed by atoms with van der Waals surface area (Å²) >= 11 is 0. The van der Waals surface area contributed by atoms with Gasteiger partial charge in [-0.05, 0) is 30.5 Å². The molecule has 100 valence electrons. The average molecular weight is 240 g/mol. The van der Waals surface area contributed by atoms with Crippen LogP contribution in [0.5, 0.6) is 5.75 Å². The van der Waals surface area contributed by atoms with Crippen LogP contribution >= 0.6 is 0 Å². The van der Waals surface area contributed by atoms with E-state index in [1.165, 1.54) is 5.56 Å². The van der Waals surface area contributed by atoms with Crippen molar-refractivity contribution in [3.05, 3.63) is 29.8 Å². The minimum Gasteiger partial charge on any atom is -0.497 e. The van der Waals surface area contributed by atoms with Gasteiger partial charge in [0.05, 0.1) is 7.11 Å². The second-order valence-corrected chi connectivity index (χ2v) is 2.94. The summed E-state index contributed by atoms with van der Waals surface area (Å²) in [6.45, 7) is 8.83. The van der Waals surface area contributed by atoms with E-state index in [0.717, 1.165) is 25.2 Å². The molecule has 2 heteroatoms. The van der Waals surface area contributed by atoms with Gasteiger partial charge in [-0.2, -0.15) is 0 Å². The predicted molar refractivity (Wildman–Crippen MR) is 75.9 cm³/mol. The van der Waals surface area contributed by atoms with Gasteiger partial charge >= 0.3 is 0 Å². The van der Waals surface area contributed by atoms with Crippen molar-refractivity contribution in [3.8, 4) is 5.75 Å². The van der Waals surface area contributed by atoms with Crippen molar-refractivity contribution in [1.82, 2.24) is 0 Å². The quantitative estimate of drug-likeness (QED) is 0.713. The molecule has 0 aromatic heterocycles. The maximum absolute atomic E-state index is 5.07. The van der Waals surface area contributed by atoms with Gasteiger partial charge in [0.15, 0.2) is 0 Å². The topological polar surface area (TPSA) is 18.5 Å². The summed E-state index contributed by atoms with van der Waals surface area (Å²) in [7, 11) is 3.41. The molecule has 0 aliphatic rings. The smallest absolute Gasteiger partial charge is 0.118 e. The summed E-state index contributed by atoms with van der Waals surface area (Å²) in [5, 5.41) is 0. The first-order valence-electron chi connectivity index (χ1n) is 6.48. The fraction of sp³-hybridized carbons (Fsp3) is 0.600. The Hall–Kier alpha value is -1.02. The van der Waals surface area contributed by atoms with Crippen molar-refractivity contribution in [1.29, 1.82) is 0 Å². The molecule has 1 rings (SSSR count). The molecular formula is C15H28O2. The van der Waals surface area contributed by atoms with Crippen LogP contribution in [0.3, 0.4) is 0 Å². The molecule has 0 radical (unpaired) electrons. The Morgan fingerprint density at radius 2 is 1.41 bits per heavy atom. The Morgan fingerprint density at radius 1 is 0.882 bits per heavy atom. The molecule has 0 amide bonds. The van der Waals surface area contributed by atoms with Crippen LogP contribution in [0.1, 0.15) is 39.7 Å². The van der Waals surface area contributed by atoms with Gasteiger partial charge in [-0.1, -0.05) is 39.8 Å². The Labute approximate surface area is 107 Å². The second-order valence-electron chi connectivity index (χ2n) is 2.94. The molecule has 0 saturated heterocycles. The van der Waals surface area contributed by atoms with E-state index in [1.807, 2.05) is 39.8 Å². The Morgan fingerprint density at radius 3 is 1.82 bits per heavy atom. The highest BCUT2D eigenvalue weighted by Gasteiger charge is 1.93. The third-order valence-electron chi connectivity index (χ3n) is 1.97. The van der Waals surface area contributed by atoms with Crippen LogP contribution in [0.25, 0.3) is 0 Å². The second kappa shape index (κ2) is 15.0. The first-order valence-corrected chi connectivity index (χ1v) is 6.48. The molecule has 0 heterocycles. The molecule has 0 fully saturated rings. The van der Waals surface area contributed by atoms with Crippen molar-refractivity contribution < 1.29 is 9.47 Å². The first kappa shape index (κ1) is 18.3. The van der Waals surface area contributed by atoms with Crippen molar-refractivity contribution in [2.75, 3.05) is 20.8 Å². The van der Waals surface area contributed by atoms with Crippen LogP contribution in [0.15, 0.2) is 24.3 Å². The van der Waals surface area contributed by atoms with Crippen molar-refractivity contribution in [3.63, 3.8) is 0 Å². The van der Waals surface area contributed by atoms with Crippen LogP contribution < -0.4 is 4.74 Å². The van der Waals surface area contributed by atoms with Crippen molar-refractivity contribution in [2.24, 2.45) is 0 Å². The summed E-state index contributed by atoms with van der Waals surface area (Å²) < 4.78 is 10.1. The highest BCUT2D eigenvalue weighted by Crippen LogP contribution is 2.12. The van der Waals surface area contributed by atoms with Gasteiger partial charge < -0.3 is 9.47 Å². The number of aryl methyl sites for hydroxylation is 1. The van der Waals surface area contributed by atoms with Crippen molar-refractivity contribution >= 4 is 0 Å². The Kier molecular flexibility index (Phi) is 16.2. The minimum atomic E-state index is 0.825. The van der Waals surface area contributed by atoms with Crippen LogP contribution in [0, 0.1) is 0 Å². The number of ether oxygens (including phenoxy) is 2. The number of methoxy groups -OCH3 is 2. The summed E-state index contributed by atoms with van der Waals surface area (Å²) in [5.41, 5.74) is 1.33. The van der Waals surface area contributed by atoms with Crippen LogP contribution in [-0.4, -0.2) is 20.8 Å². The van der Waals surface area contributed by atoms with Gasteiger partial charge in [0.2, 0.25) is 0 Å². The highest BCUT2D eigenvalue weighted by atomic mass is 16.5. The molecule has 0 aliphatic carbocycles. The monoisotopic (exact) mass is 240 g/mol. The van der Waals surface area contributed by atoms with E-state index >= 15 is 0 Å². The molecule has 1 aromatic rings. The van der Waals surface area contributed by atoms with E-state index in [0.29, 0.717) is 0 Å². The third-order valence-corrected chi connectivity index (χ3v) is 1.97. The average Bonchev–Trinajstić information content (AvgIpc) is 2.44. The maximum atomic E-state index is 5.07. The zero-order valence-corrected chi connectivity index (χ0v) is 12.2. The zero-order valence-electron chi connectivity index (χ0n) is 12.2. The van der Waals surface area contributed by atoms with E-state index in [9.17, 15) is 0 Å². The summed E-state index contributed by atoms with van der Waals surface area (Å²) in [4.78, 5) is 0. The van der Waals surface area contributed by atoms with Crippen LogP contribution in [0.4, 0.5) is 0 Å². The fourth-order valence-electron chi connectivity index (χ4n) is 1.21. The number of rotatable bonds is 5. The SMILES string of the molecule is CC.CC.COCCCc1ccc(OC)cc1. The molecular weight excluding hydrogens is 212 g/mol. The van der Waals surface area contributed by atoms with Gasteiger partial charge in [0.1, 0.15) is 5.75 Å². The summed E-state index contributed by atoms with van der Waals surface area (Å²) in [6.07, 6.45) is 2.14. The van der Waals surface area contributed by atoms with Crippen LogP contribution in [-0.2, 0) is 11.2 Å². The van der Waals surface area contributed by atoms with Crippen LogP contribution in [0.2, 0.25) is 0 Å². The predicted octanol–water partition coefficient (Wildman–Crippen LogP) is 4.33. The van der Waals surface area contributed by atoms with Gasteiger partial charge in [0.25, 0.3) is 0 Å². The maximum Gasteiger partial charge on any atom is 0.118 e. The van der Waals surface area contributed by atoms with Gasteiger partial charge in [0, 0.05) is 13.7 Å². The molecule has 0 aliphatic heterocycles. The summed E-state index contributed by atoms with van der Waals surface area (Å²) in [6, 6.07) is 8.16. The van der Waals surface area contributed by atoms with E-state index in [4.69, 9.17) is 9.47 Å². The van der Waals surface area contributed by atoms with E-state index in [2.05, 4.69) is 12.1 Å². The number of hydrogen-bond acceptors (Lipinski definition) is 2. The standard InChI is InChI=1S/C11H16O2.2C2H6/c1-12-9-3-4-10-5-7-11(13-2)8-6-10;2*1-2/h5-8H,3-4,9H2,1-2H3;2*1-2H3. The van der Waals surface area contributed by atoms with Gasteiger partial charge in [-0.3, -0.25) is 0 Å². The lowest BCUT2D eigenvalue weighted by Crippen LogP contribution is -1.92. The van der Waals surface area contributed by atoms with Gasteiger partial charge in [-0.15, -0.1) is 0 Å². The first-order chi connectivity index (χ1) is 8.36. The Balaban J connectivity index is 0. The molecule has 17 heavy (non-hydrogen) atoms. The number of benzene rings is 1. The molecule has 2 nitrogen and oxygen atoms in total. The molecule has 0 N–H and O–H groups in total. The summed E-state index contributed by atoms with van der Waals surface area (Å²) in [5.74, 6) is 0.912. The minimum absolute atomic E-state index is 0.825. The molecule has 0 bridgehead atoms. The lowest BCUT2D eigenvalue weighted by atomic mass is 10.1. The zero-order chi connectivity index (χ0) is 13.5. The third kappa shape index (κ3) is 9.88. The molecule has 0 saturated carbocycles. The highest BCUT2D eigenvalue weighted by molar-refractivity contribution is 5.27. The largest absolute Gasteiger partial charge is 0.497 e. The van der Waals surface area contributed by atoms with Crippen molar-refractivity contribution in [2.45, 2.75) is 40.5 Å². The van der Waals surface area contributed by atoms with E-state index in [-0.39, 0.29) is 0 Å². The molecule has 0 atom stereocenters. The van der Waals surface area contributed by atoms with E-state index in [1.54, 1.807) is 14.2 Å². The molecule has 1 aromatic carbocycles. The molecule has 0 spiro atoms. The number of hydrogen-bond donors (Lipinski definition) is 0. The lowest BCUT2D eigenvalue weighted by molar-refractivity contribution is 0.195. The fourth-order valence-corrected chi connectivity index (χ4v) is 1.21. The molecule has 0 unspecified atom stereocenters. The lowest BCUT2D eigenvalue weighted by Gasteiger charge is -2.02. The normalized spacial score (nSPS) is 8.35. The van der Waals surface area contributed by atoms with Gasteiger partial charge in [-0.25, -0.2) is 0 Å². The Bertz CT molecular complexity index is 229. The van der Waals surface area contributed by atoms with E-state index < -0.39 is 0 Å².